The number of nitrogens with one attached hydrogen (secondary N) is 1. The number of aryl methyl sites for hydroxylation is 1. The summed E-state index contributed by atoms with van der Waals surface area (Å²) in [6.07, 6.45) is 0. The second-order valence-electron chi connectivity index (χ2n) is 5.17. The molecule has 2 rings (SSSR count). The molecule has 0 spiro atoms. The van der Waals surface area contributed by atoms with E-state index in [9.17, 15) is 0 Å². The van der Waals surface area contributed by atoms with E-state index in [1.54, 1.807) is 0 Å². The highest BCUT2D eigenvalue weighted by Gasteiger charge is 2.06. The molecule has 0 aromatic heterocycles. The van der Waals surface area contributed by atoms with Crippen LogP contribution in [-0.2, 0) is 6.54 Å². The first-order chi connectivity index (χ1) is 9.56. The summed E-state index contributed by atoms with van der Waals surface area (Å²) in [6, 6.07) is 14.9. The standard InChI is InChI=1S/C17H20INO/c1-12(2)19-11-14-9-8-13(3)17(10-14)20-16-7-5-4-6-15(16)18/h4-10,12,19H,11H2,1-3H3. The van der Waals surface area contributed by atoms with Crippen molar-refractivity contribution in [3.05, 3.63) is 57.2 Å². The zero-order chi connectivity index (χ0) is 14.5. The van der Waals surface area contributed by atoms with Crippen LogP contribution in [0.4, 0.5) is 0 Å². The molecule has 0 aliphatic carbocycles. The summed E-state index contributed by atoms with van der Waals surface area (Å²) in [7, 11) is 0. The van der Waals surface area contributed by atoms with Crippen molar-refractivity contribution >= 4 is 22.6 Å². The largest absolute Gasteiger partial charge is 0.456 e. The minimum absolute atomic E-state index is 0.482. The summed E-state index contributed by atoms with van der Waals surface area (Å²) in [5.41, 5.74) is 2.39. The number of benzene rings is 2. The van der Waals surface area contributed by atoms with Crippen LogP contribution in [0.15, 0.2) is 42.5 Å². The molecule has 0 saturated heterocycles. The van der Waals surface area contributed by atoms with Crippen molar-refractivity contribution in [1.29, 1.82) is 0 Å². The van der Waals surface area contributed by atoms with E-state index in [1.165, 1.54) is 5.56 Å². The summed E-state index contributed by atoms with van der Waals surface area (Å²) in [4.78, 5) is 0. The molecule has 2 nitrogen and oxygen atoms in total. The molecule has 1 N–H and O–H groups in total. The van der Waals surface area contributed by atoms with Gasteiger partial charge >= 0.3 is 0 Å². The van der Waals surface area contributed by atoms with E-state index in [0.717, 1.165) is 27.2 Å². The molecule has 0 amide bonds. The first-order valence-corrected chi connectivity index (χ1v) is 7.89. The number of rotatable bonds is 5. The van der Waals surface area contributed by atoms with Gasteiger partial charge in [-0.2, -0.15) is 0 Å². The third-order valence-electron chi connectivity index (χ3n) is 3.02. The first-order valence-electron chi connectivity index (χ1n) is 6.81. The predicted octanol–water partition coefficient (Wildman–Crippen LogP) is 4.89. The minimum atomic E-state index is 0.482. The second-order valence-corrected chi connectivity index (χ2v) is 6.33. The first kappa shape index (κ1) is 15.3. The van der Waals surface area contributed by atoms with Crippen LogP contribution in [0.5, 0.6) is 11.5 Å². The Bertz CT molecular complexity index is 581. The lowest BCUT2D eigenvalue weighted by Gasteiger charge is -2.13. The van der Waals surface area contributed by atoms with Crippen LogP contribution in [0.3, 0.4) is 0 Å². The van der Waals surface area contributed by atoms with Gasteiger partial charge in [0.05, 0.1) is 3.57 Å². The van der Waals surface area contributed by atoms with Crippen LogP contribution in [-0.4, -0.2) is 6.04 Å². The van der Waals surface area contributed by atoms with Crippen molar-refractivity contribution in [2.45, 2.75) is 33.4 Å². The van der Waals surface area contributed by atoms with E-state index in [0.29, 0.717) is 6.04 Å². The Balaban J connectivity index is 2.18. The van der Waals surface area contributed by atoms with Crippen molar-refractivity contribution in [2.24, 2.45) is 0 Å². The fraction of sp³-hybridized carbons (Fsp3) is 0.294. The molecule has 0 radical (unpaired) electrons. The van der Waals surface area contributed by atoms with Crippen molar-refractivity contribution < 1.29 is 4.74 Å². The van der Waals surface area contributed by atoms with Gasteiger partial charge in [0.2, 0.25) is 0 Å². The number of halogens is 1. The smallest absolute Gasteiger partial charge is 0.140 e. The lowest BCUT2D eigenvalue weighted by Crippen LogP contribution is -2.21. The summed E-state index contributed by atoms with van der Waals surface area (Å²) in [5, 5.41) is 3.43. The topological polar surface area (TPSA) is 21.3 Å². The summed E-state index contributed by atoms with van der Waals surface area (Å²) < 4.78 is 7.17. The van der Waals surface area contributed by atoms with Gasteiger partial charge in [0.15, 0.2) is 0 Å². The Kier molecular flexibility index (Phi) is 5.43. The van der Waals surface area contributed by atoms with Crippen molar-refractivity contribution in [2.75, 3.05) is 0 Å². The van der Waals surface area contributed by atoms with E-state index in [1.807, 2.05) is 18.2 Å². The Labute approximate surface area is 134 Å². The van der Waals surface area contributed by atoms with Crippen LogP contribution >= 0.6 is 22.6 Å². The lowest BCUT2D eigenvalue weighted by molar-refractivity contribution is 0.474. The molecule has 0 heterocycles. The average Bonchev–Trinajstić information content (AvgIpc) is 2.42. The van der Waals surface area contributed by atoms with Crippen LogP contribution in [0.1, 0.15) is 25.0 Å². The molecule has 2 aromatic rings. The third kappa shape index (κ3) is 4.21. The molecule has 0 fully saturated rings. The van der Waals surface area contributed by atoms with Gasteiger partial charge in [0.1, 0.15) is 11.5 Å². The Hall–Kier alpha value is -1.07. The third-order valence-corrected chi connectivity index (χ3v) is 3.91. The fourth-order valence-electron chi connectivity index (χ4n) is 1.83. The van der Waals surface area contributed by atoms with Crippen molar-refractivity contribution in [1.82, 2.24) is 5.32 Å². The van der Waals surface area contributed by atoms with Gasteiger partial charge < -0.3 is 10.1 Å². The summed E-state index contributed by atoms with van der Waals surface area (Å²) >= 11 is 2.30. The molecule has 2 aromatic carbocycles. The molecular weight excluding hydrogens is 361 g/mol. The van der Waals surface area contributed by atoms with Crippen LogP contribution < -0.4 is 10.1 Å². The monoisotopic (exact) mass is 381 g/mol. The van der Waals surface area contributed by atoms with Crippen molar-refractivity contribution in [3.8, 4) is 11.5 Å². The molecule has 0 aliphatic rings. The van der Waals surface area contributed by atoms with Crippen LogP contribution in [0.2, 0.25) is 0 Å². The quantitative estimate of drug-likeness (QED) is 0.745. The van der Waals surface area contributed by atoms with E-state index in [2.05, 4.69) is 72.9 Å². The Morgan fingerprint density at radius 3 is 2.55 bits per heavy atom. The number of ether oxygens (including phenoxy) is 1. The van der Waals surface area contributed by atoms with Crippen LogP contribution in [0.25, 0.3) is 0 Å². The maximum Gasteiger partial charge on any atom is 0.140 e. The van der Waals surface area contributed by atoms with Gasteiger partial charge in [-0.25, -0.2) is 0 Å². The summed E-state index contributed by atoms with van der Waals surface area (Å²) in [5.74, 6) is 1.84. The van der Waals surface area contributed by atoms with Gasteiger partial charge in [-0.3, -0.25) is 0 Å². The highest BCUT2D eigenvalue weighted by molar-refractivity contribution is 14.1. The van der Waals surface area contributed by atoms with Gasteiger partial charge in [-0.15, -0.1) is 0 Å². The summed E-state index contributed by atoms with van der Waals surface area (Å²) in [6.45, 7) is 7.24. The molecule has 0 bridgehead atoms. The Morgan fingerprint density at radius 1 is 1.10 bits per heavy atom. The molecule has 3 heteroatoms. The van der Waals surface area contributed by atoms with E-state index < -0.39 is 0 Å². The highest BCUT2D eigenvalue weighted by Crippen LogP contribution is 2.29. The highest BCUT2D eigenvalue weighted by atomic mass is 127. The molecule has 0 aliphatic heterocycles. The molecule has 0 saturated carbocycles. The zero-order valence-electron chi connectivity index (χ0n) is 12.1. The van der Waals surface area contributed by atoms with Gasteiger partial charge in [-0.1, -0.05) is 38.1 Å². The molecule has 106 valence electrons. The average molecular weight is 381 g/mol. The Morgan fingerprint density at radius 2 is 1.85 bits per heavy atom. The van der Waals surface area contributed by atoms with Crippen molar-refractivity contribution in [3.63, 3.8) is 0 Å². The van der Waals surface area contributed by atoms with Gasteiger partial charge in [-0.05, 0) is 58.8 Å². The molecule has 20 heavy (non-hydrogen) atoms. The normalized spacial score (nSPS) is 10.8. The molecular formula is C17H20INO. The SMILES string of the molecule is Cc1ccc(CNC(C)C)cc1Oc1ccccc1I. The number of hydrogen-bond donors (Lipinski definition) is 1. The van der Waals surface area contributed by atoms with E-state index >= 15 is 0 Å². The zero-order valence-corrected chi connectivity index (χ0v) is 14.3. The van der Waals surface area contributed by atoms with Gasteiger partial charge in [0.25, 0.3) is 0 Å². The number of hydrogen-bond acceptors (Lipinski definition) is 2. The van der Waals surface area contributed by atoms with E-state index in [-0.39, 0.29) is 0 Å². The van der Waals surface area contributed by atoms with E-state index in [4.69, 9.17) is 4.74 Å². The maximum absolute atomic E-state index is 6.05. The molecule has 0 atom stereocenters. The lowest BCUT2D eigenvalue weighted by atomic mass is 10.1. The minimum Gasteiger partial charge on any atom is -0.456 e. The fourth-order valence-corrected chi connectivity index (χ4v) is 2.33. The predicted molar refractivity (Wildman–Crippen MR) is 92.4 cm³/mol. The maximum atomic E-state index is 6.05. The number of para-hydroxylation sites is 1. The van der Waals surface area contributed by atoms with Crippen LogP contribution in [0, 0.1) is 10.5 Å². The second kappa shape index (κ2) is 7.09. The molecule has 0 unspecified atom stereocenters. The van der Waals surface area contributed by atoms with Gasteiger partial charge in [0, 0.05) is 12.6 Å².